The fourth-order valence-electron chi connectivity index (χ4n) is 1.59. The van der Waals surface area contributed by atoms with E-state index in [1.54, 1.807) is 0 Å². The molecular formula is C11H7ClF4N2. The Bertz CT molecular complexity index is 562. The van der Waals surface area contributed by atoms with Crippen molar-refractivity contribution in [1.29, 1.82) is 0 Å². The van der Waals surface area contributed by atoms with Crippen LogP contribution in [-0.4, -0.2) is 10.2 Å². The SMILES string of the molecule is Fc1cccc(Cc2c(Cl)n[nH]c2C(F)(F)F)c1. The summed E-state index contributed by atoms with van der Waals surface area (Å²) in [6, 6.07) is 5.31. The van der Waals surface area contributed by atoms with Crippen LogP contribution in [0.5, 0.6) is 0 Å². The van der Waals surface area contributed by atoms with Crippen molar-refractivity contribution in [2.45, 2.75) is 12.6 Å². The quantitative estimate of drug-likeness (QED) is 0.832. The topological polar surface area (TPSA) is 28.7 Å². The Kier molecular flexibility index (Phi) is 3.30. The fraction of sp³-hybridized carbons (Fsp3) is 0.182. The van der Waals surface area contributed by atoms with Crippen LogP contribution in [0, 0.1) is 5.82 Å². The first-order valence-electron chi connectivity index (χ1n) is 4.92. The third kappa shape index (κ3) is 2.64. The molecule has 2 rings (SSSR count). The van der Waals surface area contributed by atoms with Crippen LogP contribution < -0.4 is 0 Å². The van der Waals surface area contributed by atoms with Gasteiger partial charge in [-0.05, 0) is 17.7 Å². The van der Waals surface area contributed by atoms with Crippen LogP contribution in [0.4, 0.5) is 17.6 Å². The molecule has 2 aromatic rings. The number of rotatable bonds is 2. The fourth-order valence-corrected chi connectivity index (χ4v) is 1.79. The minimum atomic E-state index is -4.57. The second kappa shape index (κ2) is 4.61. The molecule has 2 nitrogen and oxygen atoms in total. The maximum Gasteiger partial charge on any atom is 0.433 e. The van der Waals surface area contributed by atoms with Crippen molar-refractivity contribution in [2.75, 3.05) is 0 Å². The Hall–Kier alpha value is -1.56. The van der Waals surface area contributed by atoms with Crippen molar-refractivity contribution in [1.82, 2.24) is 10.2 Å². The van der Waals surface area contributed by atoms with Gasteiger partial charge in [0.1, 0.15) is 11.5 Å². The van der Waals surface area contributed by atoms with Gasteiger partial charge in [0.05, 0.1) is 0 Å². The van der Waals surface area contributed by atoms with Gasteiger partial charge in [-0.15, -0.1) is 0 Å². The summed E-state index contributed by atoms with van der Waals surface area (Å²) in [6.07, 6.45) is -4.70. The molecule has 1 aromatic carbocycles. The van der Waals surface area contributed by atoms with E-state index in [9.17, 15) is 17.6 Å². The molecule has 1 N–H and O–H groups in total. The Labute approximate surface area is 105 Å². The number of nitrogens with one attached hydrogen (secondary N) is 1. The summed E-state index contributed by atoms with van der Waals surface area (Å²) < 4.78 is 50.9. The molecule has 0 radical (unpaired) electrons. The van der Waals surface area contributed by atoms with Crippen molar-refractivity contribution in [3.05, 3.63) is 52.1 Å². The number of H-pyrrole nitrogens is 1. The standard InChI is InChI=1S/C11H7ClF4N2/c12-10-8(9(17-18-10)11(14,15)16)5-6-2-1-3-7(13)4-6/h1-4H,5H2,(H,17,18). The summed E-state index contributed by atoms with van der Waals surface area (Å²) in [5, 5.41) is 4.92. The highest BCUT2D eigenvalue weighted by atomic mass is 35.5. The summed E-state index contributed by atoms with van der Waals surface area (Å²) in [5.41, 5.74) is -0.796. The number of hydrogen-bond acceptors (Lipinski definition) is 1. The monoisotopic (exact) mass is 278 g/mol. The molecule has 7 heteroatoms. The Morgan fingerprint density at radius 3 is 2.61 bits per heavy atom. The van der Waals surface area contributed by atoms with Gasteiger partial charge in [0.25, 0.3) is 0 Å². The van der Waals surface area contributed by atoms with Gasteiger partial charge >= 0.3 is 6.18 Å². The van der Waals surface area contributed by atoms with E-state index in [0.717, 1.165) is 6.07 Å². The first-order valence-corrected chi connectivity index (χ1v) is 5.30. The van der Waals surface area contributed by atoms with Crippen molar-refractivity contribution < 1.29 is 17.6 Å². The first kappa shape index (κ1) is 12.9. The van der Waals surface area contributed by atoms with Crippen LogP contribution in [0.3, 0.4) is 0 Å². The van der Waals surface area contributed by atoms with E-state index in [1.807, 2.05) is 5.10 Å². The Balaban J connectivity index is 2.37. The summed E-state index contributed by atoms with van der Waals surface area (Å²) in [6.45, 7) is 0. The first-order chi connectivity index (χ1) is 8.38. The summed E-state index contributed by atoms with van der Waals surface area (Å²) in [4.78, 5) is 0. The number of halogens is 5. The Morgan fingerprint density at radius 2 is 2.00 bits per heavy atom. The molecule has 0 amide bonds. The van der Waals surface area contributed by atoms with E-state index in [0.29, 0.717) is 5.56 Å². The maximum absolute atomic E-state index is 13.0. The van der Waals surface area contributed by atoms with Crippen LogP contribution in [0.15, 0.2) is 24.3 Å². The molecule has 0 unspecified atom stereocenters. The number of hydrogen-bond donors (Lipinski definition) is 1. The predicted molar refractivity (Wildman–Crippen MR) is 57.8 cm³/mol. The zero-order valence-electron chi connectivity index (χ0n) is 8.85. The second-order valence-electron chi connectivity index (χ2n) is 3.67. The molecule has 0 aliphatic heterocycles. The van der Waals surface area contributed by atoms with E-state index < -0.39 is 17.7 Å². The molecule has 0 aliphatic carbocycles. The van der Waals surface area contributed by atoms with Gasteiger partial charge in [-0.25, -0.2) is 4.39 Å². The van der Waals surface area contributed by atoms with E-state index in [4.69, 9.17) is 11.6 Å². The molecule has 96 valence electrons. The number of alkyl halides is 3. The smallest absolute Gasteiger partial charge is 0.272 e. The molecule has 0 atom stereocenters. The van der Waals surface area contributed by atoms with Crippen LogP contribution in [-0.2, 0) is 12.6 Å². The number of benzene rings is 1. The third-order valence-electron chi connectivity index (χ3n) is 2.37. The van der Waals surface area contributed by atoms with Crippen molar-refractivity contribution in [2.24, 2.45) is 0 Å². The lowest BCUT2D eigenvalue weighted by Gasteiger charge is -2.07. The van der Waals surface area contributed by atoms with Crippen LogP contribution >= 0.6 is 11.6 Å². The zero-order chi connectivity index (χ0) is 13.3. The molecule has 0 spiro atoms. The lowest BCUT2D eigenvalue weighted by molar-refractivity contribution is -0.141. The minimum Gasteiger partial charge on any atom is -0.272 e. The molecule has 18 heavy (non-hydrogen) atoms. The highest BCUT2D eigenvalue weighted by Gasteiger charge is 2.36. The third-order valence-corrected chi connectivity index (χ3v) is 2.68. The largest absolute Gasteiger partial charge is 0.433 e. The number of aromatic amines is 1. The average molecular weight is 279 g/mol. The predicted octanol–water partition coefficient (Wildman–Crippen LogP) is 3.81. The van der Waals surface area contributed by atoms with Crippen LogP contribution in [0.1, 0.15) is 16.8 Å². The molecule has 0 fully saturated rings. The highest BCUT2D eigenvalue weighted by Crippen LogP contribution is 2.34. The zero-order valence-corrected chi connectivity index (χ0v) is 9.61. The van der Waals surface area contributed by atoms with Gasteiger partial charge in [0.2, 0.25) is 0 Å². The summed E-state index contributed by atoms with van der Waals surface area (Å²) in [7, 11) is 0. The lowest BCUT2D eigenvalue weighted by atomic mass is 10.1. The summed E-state index contributed by atoms with van der Waals surface area (Å²) >= 11 is 5.60. The molecule has 1 aromatic heterocycles. The van der Waals surface area contributed by atoms with Crippen LogP contribution in [0.2, 0.25) is 5.15 Å². The van der Waals surface area contributed by atoms with Gasteiger partial charge in [0, 0.05) is 12.0 Å². The lowest BCUT2D eigenvalue weighted by Crippen LogP contribution is -2.09. The molecule has 0 aliphatic rings. The number of nitrogens with zero attached hydrogens (tertiary/aromatic N) is 1. The van der Waals surface area contributed by atoms with E-state index in [1.165, 1.54) is 18.2 Å². The molecule has 1 heterocycles. The van der Waals surface area contributed by atoms with E-state index >= 15 is 0 Å². The van der Waals surface area contributed by atoms with E-state index in [-0.39, 0.29) is 17.1 Å². The van der Waals surface area contributed by atoms with Gasteiger partial charge in [-0.3, -0.25) is 5.10 Å². The van der Waals surface area contributed by atoms with Crippen molar-refractivity contribution >= 4 is 11.6 Å². The van der Waals surface area contributed by atoms with Gasteiger partial charge < -0.3 is 0 Å². The van der Waals surface area contributed by atoms with Gasteiger partial charge in [0.15, 0.2) is 5.15 Å². The second-order valence-corrected chi connectivity index (χ2v) is 4.03. The van der Waals surface area contributed by atoms with Gasteiger partial charge in [-0.2, -0.15) is 18.3 Å². The molecular weight excluding hydrogens is 272 g/mol. The van der Waals surface area contributed by atoms with Crippen LogP contribution in [0.25, 0.3) is 0 Å². The normalized spacial score (nSPS) is 11.8. The maximum atomic E-state index is 13.0. The minimum absolute atomic E-state index is 0.137. The highest BCUT2D eigenvalue weighted by molar-refractivity contribution is 6.30. The molecule has 0 saturated heterocycles. The van der Waals surface area contributed by atoms with E-state index in [2.05, 4.69) is 5.10 Å². The Morgan fingerprint density at radius 1 is 1.28 bits per heavy atom. The van der Waals surface area contributed by atoms with Crippen molar-refractivity contribution in [3.8, 4) is 0 Å². The molecule has 0 saturated carbocycles. The average Bonchev–Trinajstić information content (AvgIpc) is 2.60. The number of aromatic nitrogens is 2. The summed E-state index contributed by atoms with van der Waals surface area (Å²) in [5.74, 6) is -0.513. The van der Waals surface area contributed by atoms with Crippen molar-refractivity contribution in [3.63, 3.8) is 0 Å². The van der Waals surface area contributed by atoms with Gasteiger partial charge in [-0.1, -0.05) is 23.7 Å². The molecule has 0 bridgehead atoms.